The second-order valence-corrected chi connectivity index (χ2v) is 7.45. The van der Waals surface area contributed by atoms with Gasteiger partial charge in [-0.1, -0.05) is 35.4 Å². The lowest BCUT2D eigenvalue weighted by Gasteiger charge is -2.40. The average molecular weight is 318 g/mol. The summed E-state index contributed by atoms with van der Waals surface area (Å²) in [6.45, 7) is 0. The van der Waals surface area contributed by atoms with Crippen molar-refractivity contribution in [1.82, 2.24) is 0 Å². The summed E-state index contributed by atoms with van der Waals surface area (Å²) in [5, 5.41) is 0. The predicted octanol–water partition coefficient (Wildman–Crippen LogP) is 2.69. The van der Waals surface area contributed by atoms with Crippen molar-refractivity contribution in [3.63, 3.8) is 0 Å². The Labute approximate surface area is 103 Å². The van der Waals surface area contributed by atoms with Crippen LogP contribution in [-0.4, -0.2) is 16.0 Å². The van der Waals surface area contributed by atoms with Crippen molar-refractivity contribution in [3.8, 4) is 0 Å². The summed E-state index contributed by atoms with van der Waals surface area (Å²) in [5.41, 5.74) is 0.800. The number of halogens is 1. The van der Waals surface area contributed by atoms with E-state index < -0.39 is 0 Å². The highest BCUT2D eigenvalue weighted by Crippen LogP contribution is 2.83. The number of carbonyl (C=O) groups excluding carboxylic acids is 1. The van der Waals surface area contributed by atoms with E-state index in [1.54, 1.807) is 0 Å². The normalized spacial score (nSPS) is 60.6. The summed E-state index contributed by atoms with van der Waals surface area (Å²) >= 11 is 2.50. The van der Waals surface area contributed by atoms with E-state index in [2.05, 4.69) is 22.6 Å². The van der Waals surface area contributed by atoms with Crippen LogP contribution in [0.5, 0.6) is 0 Å². The van der Waals surface area contributed by atoms with Crippen LogP contribution in [0.2, 0.25) is 0 Å². The SMILES string of the molecule is O=C1O[C@H]2C[C@@]34CCCC[C@]3(C[C@@H]2I)[C@@H]14. The van der Waals surface area contributed by atoms with Crippen molar-refractivity contribution in [2.24, 2.45) is 16.7 Å². The Morgan fingerprint density at radius 3 is 2.60 bits per heavy atom. The molecule has 4 aliphatic rings. The van der Waals surface area contributed by atoms with Gasteiger partial charge in [0.2, 0.25) is 0 Å². The van der Waals surface area contributed by atoms with Gasteiger partial charge < -0.3 is 4.74 Å². The number of fused-ring (bicyclic) bond motifs is 1. The first-order valence-corrected chi connectivity index (χ1v) is 7.29. The maximum absolute atomic E-state index is 12.0. The van der Waals surface area contributed by atoms with E-state index in [4.69, 9.17) is 4.74 Å². The molecule has 0 unspecified atom stereocenters. The van der Waals surface area contributed by atoms with Crippen LogP contribution in [-0.2, 0) is 9.53 Å². The molecular formula is C12H15IO2. The lowest BCUT2D eigenvalue weighted by molar-refractivity contribution is -0.157. The fourth-order valence-electron chi connectivity index (χ4n) is 5.00. The summed E-state index contributed by atoms with van der Waals surface area (Å²) in [4.78, 5) is 12.0. The minimum atomic E-state index is 0.146. The van der Waals surface area contributed by atoms with Crippen LogP contribution in [0.3, 0.4) is 0 Å². The molecule has 4 rings (SSSR count). The number of hydrogen-bond acceptors (Lipinski definition) is 2. The molecule has 5 atom stereocenters. The Morgan fingerprint density at radius 1 is 1.20 bits per heavy atom. The van der Waals surface area contributed by atoms with Gasteiger partial charge >= 0.3 is 5.97 Å². The van der Waals surface area contributed by atoms with Crippen LogP contribution in [0.1, 0.15) is 38.5 Å². The summed E-state index contributed by atoms with van der Waals surface area (Å²) in [7, 11) is 0. The first kappa shape index (κ1) is 9.25. The maximum atomic E-state index is 12.0. The molecule has 1 spiro atoms. The molecule has 15 heavy (non-hydrogen) atoms. The molecule has 3 heteroatoms. The van der Waals surface area contributed by atoms with Crippen LogP contribution >= 0.6 is 22.6 Å². The third-order valence-electron chi connectivity index (χ3n) is 5.54. The van der Waals surface area contributed by atoms with Gasteiger partial charge in [0.15, 0.2) is 0 Å². The van der Waals surface area contributed by atoms with Crippen LogP contribution in [0.15, 0.2) is 0 Å². The van der Waals surface area contributed by atoms with E-state index in [0.29, 0.717) is 20.7 Å². The molecule has 3 saturated carbocycles. The molecule has 82 valence electrons. The zero-order chi connectivity index (χ0) is 10.3. The third kappa shape index (κ3) is 0.839. The Balaban J connectivity index is 1.84. The minimum Gasteiger partial charge on any atom is -0.461 e. The molecule has 0 aromatic carbocycles. The van der Waals surface area contributed by atoms with E-state index in [1.165, 1.54) is 38.5 Å². The Morgan fingerprint density at radius 2 is 1.87 bits per heavy atom. The van der Waals surface area contributed by atoms with Gasteiger partial charge in [0.05, 0.1) is 5.92 Å². The third-order valence-corrected chi connectivity index (χ3v) is 6.78. The molecule has 2 bridgehead atoms. The molecule has 0 amide bonds. The van der Waals surface area contributed by atoms with Gasteiger partial charge in [0.25, 0.3) is 0 Å². The molecule has 3 aliphatic carbocycles. The molecule has 4 fully saturated rings. The maximum Gasteiger partial charge on any atom is 0.310 e. The Hall–Kier alpha value is 0.200. The predicted molar refractivity (Wildman–Crippen MR) is 63.7 cm³/mol. The highest BCUT2D eigenvalue weighted by atomic mass is 127. The number of ether oxygens (including phenoxy) is 1. The molecule has 0 radical (unpaired) electrons. The van der Waals surface area contributed by atoms with Gasteiger partial charge in [-0.05, 0) is 36.5 Å². The highest BCUT2D eigenvalue weighted by Gasteiger charge is 2.83. The molecule has 1 saturated heterocycles. The van der Waals surface area contributed by atoms with Crippen molar-refractivity contribution in [1.29, 1.82) is 0 Å². The van der Waals surface area contributed by atoms with E-state index in [9.17, 15) is 4.79 Å². The van der Waals surface area contributed by atoms with E-state index in [0.717, 1.165) is 0 Å². The molecular weight excluding hydrogens is 303 g/mol. The monoisotopic (exact) mass is 318 g/mol. The molecule has 0 N–H and O–H groups in total. The quantitative estimate of drug-likeness (QED) is 0.390. The molecule has 0 aromatic rings. The fourth-order valence-corrected chi connectivity index (χ4v) is 6.19. The number of carbonyl (C=O) groups is 1. The molecule has 0 aromatic heterocycles. The van der Waals surface area contributed by atoms with Crippen LogP contribution < -0.4 is 0 Å². The molecule has 2 nitrogen and oxygen atoms in total. The number of hydrogen-bond donors (Lipinski definition) is 0. The van der Waals surface area contributed by atoms with E-state index in [-0.39, 0.29) is 12.1 Å². The van der Waals surface area contributed by atoms with Gasteiger partial charge in [-0.2, -0.15) is 0 Å². The second kappa shape index (κ2) is 2.54. The van der Waals surface area contributed by atoms with Crippen LogP contribution in [0, 0.1) is 16.7 Å². The number of esters is 1. The van der Waals surface area contributed by atoms with Crippen molar-refractivity contribution in [2.75, 3.05) is 0 Å². The van der Waals surface area contributed by atoms with Crippen LogP contribution in [0.4, 0.5) is 0 Å². The lowest BCUT2D eigenvalue weighted by atomic mass is 9.70. The fraction of sp³-hybridized carbons (Fsp3) is 0.917. The van der Waals surface area contributed by atoms with Crippen molar-refractivity contribution in [2.45, 2.75) is 48.6 Å². The van der Waals surface area contributed by atoms with Crippen LogP contribution in [0.25, 0.3) is 0 Å². The first-order chi connectivity index (χ1) is 7.20. The van der Waals surface area contributed by atoms with Gasteiger partial charge in [-0.15, -0.1) is 0 Å². The summed E-state index contributed by atoms with van der Waals surface area (Å²) < 4.78 is 6.15. The van der Waals surface area contributed by atoms with E-state index >= 15 is 0 Å². The van der Waals surface area contributed by atoms with Gasteiger partial charge in [0.1, 0.15) is 6.10 Å². The smallest absolute Gasteiger partial charge is 0.310 e. The molecule has 1 heterocycles. The summed E-state index contributed by atoms with van der Waals surface area (Å²) in [6.07, 6.45) is 7.92. The standard InChI is InChI=1S/C12H15IO2/c13-7-5-11-3-1-2-4-12(11)6-8(7)15-10(14)9(11)12/h7-9H,1-6H2/t7-,8-,9+,11-,12+/m0/s1. The average Bonchev–Trinajstić information content (AvgIpc) is 2.83. The topological polar surface area (TPSA) is 26.3 Å². The zero-order valence-corrected chi connectivity index (χ0v) is 10.8. The number of alkyl halides is 1. The van der Waals surface area contributed by atoms with E-state index in [1.807, 2.05) is 0 Å². The lowest BCUT2D eigenvalue weighted by Crippen LogP contribution is -2.40. The first-order valence-electron chi connectivity index (χ1n) is 6.04. The van der Waals surface area contributed by atoms with Gasteiger partial charge in [0, 0.05) is 3.92 Å². The van der Waals surface area contributed by atoms with Crippen molar-refractivity contribution >= 4 is 28.6 Å². The largest absolute Gasteiger partial charge is 0.461 e. The van der Waals surface area contributed by atoms with Gasteiger partial charge in [-0.3, -0.25) is 4.79 Å². The molecule has 1 aliphatic heterocycles. The van der Waals surface area contributed by atoms with Crippen molar-refractivity contribution < 1.29 is 9.53 Å². The summed E-state index contributed by atoms with van der Waals surface area (Å²) in [5.74, 6) is 0.441. The summed E-state index contributed by atoms with van der Waals surface area (Å²) in [6, 6.07) is 0. The number of rotatable bonds is 0. The van der Waals surface area contributed by atoms with Gasteiger partial charge in [-0.25, -0.2) is 0 Å². The Bertz CT molecular complexity index is 356. The Kier molecular flexibility index (Phi) is 1.57. The van der Waals surface area contributed by atoms with Crippen molar-refractivity contribution in [3.05, 3.63) is 0 Å². The second-order valence-electron chi connectivity index (χ2n) is 5.85. The zero-order valence-electron chi connectivity index (χ0n) is 8.67. The minimum absolute atomic E-state index is 0.146. The highest BCUT2D eigenvalue weighted by molar-refractivity contribution is 14.1.